The number of anilines is 1. The first kappa shape index (κ1) is 12.4. The lowest BCUT2D eigenvalue weighted by Crippen LogP contribution is -2.11. The smallest absolute Gasteiger partial charge is 0.152 e. The van der Waals surface area contributed by atoms with Crippen molar-refractivity contribution in [1.29, 1.82) is 0 Å². The molecular formula is C14H18N4. The Labute approximate surface area is 107 Å². The highest BCUT2D eigenvalue weighted by atomic mass is 15.2. The molecular weight excluding hydrogens is 224 g/mol. The molecule has 0 atom stereocenters. The van der Waals surface area contributed by atoms with Crippen LogP contribution in [0, 0.1) is 11.8 Å². The highest BCUT2D eigenvalue weighted by Gasteiger charge is 2.18. The summed E-state index contributed by atoms with van der Waals surface area (Å²) in [6, 6.07) is 2.08. The van der Waals surface area contributed by atoms with Crippen LogP contribution in [0.25, 0.3) is 5.52 Å². The summed E-state index contributed by atoms with van der Waals surface area (Å²) >= 11 is 0. The summed E-state index contributed by atoms with van der Waals surface area (Å²) < 4.78 is 1.86. The van der Waals surface area contributed by atoms with Crippen molar-refractivity contribution in [2.45, 2.75) is 33.1 Å². The molecule has 0 aliphatic heterocycles. The number of rotatable bonds is 2. The Morgan fingerprint density at radius 2 is 2.17 bits per heavy atom. The largest absolute Gasteiger partial charge is 0.357 e. The van der Waals surface area contributed by atoms with Crippen molar-refractivity contribution >= 4 is 11.3 Å². The van der Waals surface area contributed by atoms with Gasteiger partial charge >= 0.3 is 0 Å². The van der Waals surface area contributed by atoms with Gasteiger partial charge in [0.05, 0.1) is 12.2 Å². The van der Waals surface area contributed by atoms with Crippen LogP contribution in [0.2, 0.25) is 0 Å². The molecule has 0 bridgehead atoms. The van der Waals surface area contributed by atoms with E-state index in [2.05, 4.69) is 54.1 Å². The summed E-state index contributed by atoms with van der Waals surface area (Å²) in [7, 11) is 0. The van der Waals surface area contributed by atoms with Crippen LogP contribution in [0.4, 0.5) is 5.82 Å². The predicted molar refractivity (Wildman–Crippen MR) is 73.6 cm³/mol. The fourth-order valence-electron chi connectivity index (χ4n) is 1.64. The van der Waals surface area contributed by atoms with E-state index in [-0.39, 0.29) is 5.41 Å². The van der Waals surface area contributed by atoms with Gasteiger partial charge in [-0.25, -0.2) is 9.50 Å². The van der Waals surface area contributed by atoms with Gasteiger partial charge in [0, 0.05) is 17.8 Å². The zero-order valence-corrected chi connectivity index (χ0v) is 11.3. The van der Waals surface area contributed by atoms with Crippen molar-refractivity contribution in [3.63, 3.8) is 0 Å². The van der Waals surface area contributed by atoms with Crippen LogP contribution in [-0.4, -0.2) is 21.1 Å². The molecule has 4 nitrogen and oxygen atoms in total. The van der Waals surface area contributed by atoms with Crippen molar-refractivity contribution in [3.8, 4) is 11.8 Å². The fraction of sp³-hybridized carbons (Fsp3) is 0.429. The van der Waals surface area contributed by atoms with Crippen LogP contribution >= 0.6 is 0 Å². The Hall–Kier alpha value is -2.02. The summed E-state index contributed by atoms with van der Waals surface area (Å²) in [6.45, 7) is 8.87. The molecule has 0 spiro atoms. The molecule has 18 heavy (non-hydrogen) atoms. The second-order valence-corrected chi connectivity index (χ2v) is 5.17. The molecule has 0 aliphatic rings. The molecule has 0 radical (unpaired) electrons. The Kier molecular flexibility index (Phi) is 3.24. The second-order valence-electron chi connectivity index (χ2n) is 5.17. The monoisotopic (exact) mass is 242 g/mol. The Morgan fingerprint density at radius 1 is 1.39 bits per heavy atom. The highest BCUT2D eigenvalue weighted by molar-refractivity contribution is 5.68. The van der Waals surface area contributed by atoms with E-state index in [4.69, 9.17) is 0 Å². The first-order chi connectivity index (χ1) is 8.52. The van der Waals surface area contributed by atoms with Crippen LogP contribution in [0.15, 0.2) is 18.5 Å². The first-order valence-corrected chi connectivity index (χ1v) is 6.01. The highest BCUT2D eigenvalue weighted by Crippen LogP contribution is 2.24. The maximum absolute atomic E-state index is 4.57. The van der Waals surface area contributed by atoms with E-state index in [1.54, 1.807) is 6.20 Å². The van der Waals surface area contributed by atoms with Crippen molar-refractivity contribution in [2.75, 3.05) is 11.9 Å². The fourth-order valence-corrected chi connectivity index (χ4v) is 1.64. The Morgan fingerprint density at radius 3 is 2.83 bits per heavy atom. The molecule has 0 aliphatic carbocycles. The molecule has 0 fully saturated rings. The summed E-state index contributed by atoms with van der Waals surface area (Å²) in [5.74, 6) is 6.64. The molecule has 0 aromatic carbocycles. The molecule has 94 valence electrons. The number of hydrogen-bond acceptors (Lipinski definition) is 3. The zero-order valence-electron chi connectivity index (χ0n) is 11.3. The minimum Gasteiger partial charge on any atom is -0.357 e. The van der Waals surface area contributed by atoms with E-state index in [0.29, 0.717) is 6.54 Å². The minimum absolute atomic E-state index is 0.0342. The van der Waals surface area contributed by atoms with E-state index in [1.807, 2.05) is 17.6 Å². The van der Waals surface area contributed by atoms with Gasteiger partial charge in [-0.3, -0.25) is 0 Å². The first-order valence-electron chi connectivity index (χ1n) is 6.01. The van der Waals surface area contributed by atoms with Crippen molar-refractivity contribution in [2.24, 2.45) is 0 Å². The lowest BCUT2D eigenvalue weighted by Gasteiger charge is -2.13. The van der Waals surface area contributed by atoms with Crippen LogP contribution < -0.4 is 5.32 Å². The molecule has 0 saturated heterocycles. The number of aromatic nitrogens is 3. The third kappa shape index (κ3) is 2.45. The maximum Gasteiger partial charge on any atom is 0.152 e. The standard InChI is InChI=1S/C14H18N4/c1-5-6-7-15-13-11-10-12(14(2,3)4)17-18(11)9-8-16-13/h8-10H,7H2,1-4H3,(H,15,16). The quantitative estimate of drug-likeness (QED) is 0.823. The van der Waals surface area contributed by atoms with Gasteiger partial charge in [-0.05, 0) is 13.0 Å². The van der Waals surface area contributed by atoms with Crippen molar-refractivity contribution in [1.82, 2.24) is 14.6 Å². The average molecular weight is 242 g/mol. The average Bonchev–Trinajstić information content (AvgIpc) is 2.73. The molecule has 2 aromatic heterocycles. The van der Waals surface area contributed by atoms with Crippen LogP contribution in [-0.2, 0) is 5.41 Å². The van der Waals surface area contributed by atoms with E-state index < -0.39 is 0 Å². The second kappa shape index (κ2) is 4.69. The van der Waals surface area contributed by atoms with Gasteiger partial charge in [-0.2, -0.15) is 5.10 Å². The molecule has 0 saturated carbocycles. The summed E-state index contributed by atoms with van der Waals surface area (Å²) in [5, 5.41) is 7.78. The third-order valence-corrected chi connectivity index (χ3v) is 2.68. The van der Waals surface area contributed by atoms with Gasteiger partial charge in [0.1, 0.15) is 5.52 Å². The van der Waals surface area contributed by atoms with Gasteiger partial charge in [-0.1, -0.05) is 26.7 Å². The van der Waals surface area contributed by atoms with E-state index >= 15 is 0 Å². The molecule has 1 N–H and O–H groups in total. The number of nitrogens with one attached hydrogen (secondary N) is 1. The van der Waals surface area contributed by atoms with E-state index in [1.165, 1.54) is 0 Å². The van der Waals surface area contributed by atoms with Crippen LogP contribution in [0.1, 0.15) is 33.4 Å². The molecule has 4 heteroatoms. The van der Waals surface area contributed by atoms with Gasteiger partial charge in [0.2, 0.25) is 0 Å². The number of nitrogens with zero attached hydrogens (tertiary/aromatic N) is 3. The van der Waals surface area contributed by atoms with Crippen molar-refractivity contribution in [3.05, 3.63) is 24.2 Å². The van der Waals surface area contributed by atoms with E-state index in [9.17, 15) is 0 Å². The minimum atomic E-state index is 0.0342. The topological polar surface area (TPSA) is 42.2 Å². The van der Waals surface area contributed by atoms with Gasteiger partial charge in [-0.15, -0.1) is 5.92 Å². The van der Waals surface area contributed by atoms with Crippen molar-refractivity contribution < 1.29 is 0 Å². The summed E-state index contributed by atoms with van der Waals surface area (Å²) in [6.07, 6.45) is 3.61. The zero-order chi connectivity index (χ0) is 13.2. The van der Waals surface area contributed by atoms with Crippen LogP contribution in [0.3, 0.4) is 0 Å². The lowest BCUT2D eigenvalue weighted by molar-refractivity contribution is 0.562. The molecule has 2 heterocycles. The summed E-state index contributed by atoms with van der Waals surface area (Å²) in [5.41, 5.74) is 2.08. The van der Waals surface area contributed by atoms with Gasteiger partial charge in [0.15, 0.2) is 5.82 Å². The summed E-state index contributed by atoms with van der Waals surface area (Å²) in [4.78, 5) is 4.33. The Bertz CT molecular complexity index is 608. The van der Waals surface area contributed by atoms with Gasteiger partial charge in [0.25, 0.3) is 0 Å². The molecule has 2 aromatic rings. The number of hydrogen-bond donors (Lipinski definition) is 1. The predicted octanol–water partition coefficient (Wildman–Crippen LogP) is 2.46. The van der Waals surface area contributed by atoms with Crippen LogP contribution in [0.5, 0.6) is 0 Å². The third-order valence-electron chi connectivity index (χ3n) is 2.68. The lowest BCUT2D eigenvalue weighted by atomic mass is 9.92. The number of fused-ring (bicyclic) bond motifs is 1. The molecule has 2 rings (SSSR count). The SMILES string of the molecule is CC#CCNc1nccn2nc(C(C)(C)C)cc12. The Balaban J connectivity index is 2.41. The molecule has 0 amide bonds. The molecule has 0 unspecified atom stereocenters. The normalized spacial score (nSPS) is 11.1. The van der Waals surface area contributed by atoms with Gasteiger partial charge < -0.3 is 5.32 Å². The maximum atomic E-state index is 4.57. The van der Waals surface area contributed by atoms with E-state index in [0.717, 1.165) is 17.0 Å².